The van der Waals surface area contributed by atoms with Crippen molar-refractivity contribution in [3.63, 3.8) is 0 Å². The molecule has 2 atom stereocenters. The quantitative estimate of drug-likeness (QED) is 0.690. The highest BCUT2D eigenvalue weighted by atomic mass is 16.5. The number of nitrogens with one attached hydrogen (secondary N) is 1. The van der Waals surface area contributed by atoms with Gasteiger partial charge in [0.2, 0.25) is 5.91 Å². The van der Waals surface area contributed by atoms with Crippen molar-refractivity contribution in [2.45, 2.75) is 31.8 Å². The second-order valence-corrected chi connectivity index (χ2v) is 6.58. The summed E-state index contributed by atoms with van der Waals surface area (Å²) in [4.78, 5) is 12.1. The Balaban J connectivity index is 1.44. The Morgan fingerprint density at radius 2 is 1.84 bits per heavy atom. The molecule has 4 heteroatoms. The van der Waals surface area contributed by atoms with E-state index in [9.17, 15) is 4.79 Å². The fraction of sp³-hybridized carbons (Fsp3) is 0.381. The molecule has 25 heavy (non-hydrogen) atoms. The van der Waals surface area contributed by atoms with Crippen molar-refractivity contribution >= 4 is 5.91 Å². The molecule has 0 aliphatic heterocycles. The Morgan fingerprint density at radius 1 is 1.08 bits per heavy atom. The minimum atomic E-state index is 0.119. The van der Waals surface area contributed by atoms with E-state index in [0.717, 1.165) is 37.1 Å². The van der Waals surface area contributed by atoms with Crippen LogP contribution in [-0.2, 0) is 11.4 Å². The van der Waals surface area contributed by atoms with Crippen LogP contribution in [0.15, 0.2) is 54.6 Å². The largest absolute Gasteiger partial charge is 0.489 e. The summed E-state index contributed by atoms with van der Waals surface area (Å²) in [6, 6.07) is 18.3. The van der Waals surface area contributed by atoms with Crippen molar-refractivity contribution in [2.75, 3.05) is 13.1 Å². The standard InChI is InChI=1S/C21H26N2O2/c22-12-4-5-13-23-21(24)20-14-19(20)17-8-10-18(11-9-17)25-15-16-6-2-1-3-7-16/h1-3,6-11,19-20H,4-5,12-15,22H2,(H,23,24). The SMILES string of the molecule is NCCCCNC(=O)C1CC1c1ccc(OCc2ccccc2)cc1. The number of unbranched alkanes of at least 4 members (excludes halogenated alkanes) is 1. The number of nitrogens with two attached hydrogens (primary N) is 1. The summed E-state index contributed by atoms with van der Waals surface area (Å²) >= 11 is 0. The Kier molecular flexibility index (Phi) is 6.07. The van der Waals surface area contributed by atoms with E-state index in [2.05, 4.69) is 29.6 Å². The highest BCUT2D eigenvalue weighted by Gasteiger charge is 2.43. The van der Waals surface area contributed by atoms with Crippen molar-refractivity contribution in [3.05, 3.63) is 65.7 Å². The van der Waals surface area contributed by atoms with Gasteiger partial charge in [0.05, 0.1) is 0 Å². The topological polar surface area (TPSA) is 64.3 Å². The van der Waals surface area contributed by atoms with Gasteiger partial charge in [-0.25, -0.2) is 0 Å². The average Bonchev–Trinajstić information content (AvgIpc) is 3.46. The lowest BCUT2D eigenvalue weighted by Crippen LogP contribution is -2.26. The van der Waals surface area contributed by atoms with Crippen LogP contribution in [0.1, 0.15) is 36.3 Å². The Hall–Kier alpha value is -2.33. The zero-order valence-electron chi connectivity index (χ0n) is 14.5. The van der Waals surface area contributed by atoms with Gasteiger partial charge in [-0.1, -0.05) is 42.5 Å². The Morgan fingerprint density at radius 3 is 2.56 bits per heavy atom. The summed E-state index contributed by atoms with van der Waals surface area (Å²) in [5.74, 6) is 1.49. The lowest BCUT2D eigenvalue weighted by Gasteiger charge is -2.08. The number of hydrogen-bond acceptors (Lipinski definition) is 3. The molecule has 2 unspecified atom stereocenters. The van der Waals surface area contributed by atoms with Crippen LogP contribution in [-0.4, -0.2) is 19.0 Å². The fourth-order valence-electron chi connectivity index (χ4n) is 3.02. The van der Waals surface area contributed by atoms with E-state index in [-0.39, 0.29) is 11.8 Å². The minimum Gasteiger partial charge on any atom is -0.489 e. The summed E-state index contributed by atoms with van der Waals surface area (Å²) in [6.45, 7) is 1.98. The van der Waals surface area contributed by atoms with E-state index in [4.69, 9.17) is 10.5 Å². The maximum Gasteiger partial charge on any atom is 0.223 e. The van der Waals surface area contributed by atoms with Gasteiger partial charge in [0, 0.05) is 12.5 Å². The molecule has 2 aromatic rings. The molecule has 0 spiro atoms. The molecule has 1 aliphatic carbocycles. The highest BCUT2D eigenvalue weighted by Crippen LogP contribution is 2.47. The molecule has 4 nitrogen and oxygen atoms in total. The Labute approximate surface area is 149 Å². The monoisotopic (exact) mass is 338 g/mol. The number of rotatable bonds is 9. The van der Waals surface area contributed by atoms with Gasteiger partial charge >= 0.3 is 0 Å². The first kappa shape index (κ1) is 17.5. The van der Waals surface area contributed by atoms with Gasteiger partial charge in [-0.3, -0.25) is 4.79 Å². The summed E-state index contributed by atoms with van der Waals surface area (Å²) in [6.07, 6.45) is 2.85. The minimum absolute atomic E-state index is 0.119. The van der Waals surface area contributed by atoms with E-state index >= 15 is 0 Å². The number of amides is 1. The van der Waals surface area contributed by atoms with Crippen LogP contribution in [0.2, 0.25) is 0 Å². The van der Waals surface area contributed by atoms with Crippen LogP contribution in [0.5, 0.6) is 5.75 Å². The van der Waals surface area contributed by atoms with Crippen LogP contribution >= 0.6 is 0 Å². The third-order valence-corrected chi connectivity index (χ3v) is 4.61. The van der Waals surface area contributed by atoms with Gasteiger partial charge in [-0.15, -0.1) is 0 Å². The van der Waals surface area contributed by atoms with Crippen LogP contribution in [0.4, 0.5) is 0 Å². The van der Waals surface area contributed by atoms with E-state index in [1.807, 2.05) is 30.3 Å². The summed E-state index contributed by atoms with van der Waals surface area (Å²) in [5, 5.41) is 3.01. The van der Waals surface area contributed by atoms with Crippen LogP contribution in [0.25, 0.3) is 0 Å². The molecular weight excluding hydrogens is 312 g/mol. The molecule has 3 rings (SSSR count). The van der Waals surface area contributed by atoms with Crippen molar-refractivity contribution in [1.82, 2.24) is 5.32 Å². The van der Waals surface area contributed by atoms with Crippen molar-refractivity contribution < 1.29 is 9.53 Å². The first-order valence-corrected chi connectivity index (χ1v) is 9.02. The van der Waals surface area contributed by atoms with Gasteiger partial charge in [-0.2, -0.15) is 0 Å². The van der Waals surface area contributed by atoms with Crippen LogP contribution in [0.3, 0.4) is 0 Å². The zero-order valence-corrected chi connectivity index (χ0v) is 14.5. The molecule has 0 saturated heterocycles. The van der Waals surface area contributed by atoms with Gasteiger partial charge in [0.25, 0.3) is 0 Å². The summed E-state index contributed by atoms with van der Waals surface area (Å²) in [5.41, 5.74) is 7.83. The highest BCUT2D eigenvalue weighted by molar-refractivity contribution is 5.82. The molecule has 0 aromatic heterocycles. The smallest absolute Gasteiger partial charge is 0.223 e. The van der Waals surface area contributed by atoms with E-state index < -0.39 is 0 Å². The second-order valence-electron chi connectivity index (χ2n) is 6.58. The third-order valence-electron chi connectivity index (χ3n) is 4.61. The molecule has 3 N–H and O–H groups in total. The van der Waals surface area contributed by atoms with Crippen molar-refractivity contribution in [2.24, 2.45) is 11.7 Å². The first-order valence-electron chi connectivity index (χ1n) is 9.02. The van der Waals surface area contributed by atoms with Crippen molar-refractivity contribution in [3.8, 4) is 5.75 Å². The predicted molar refractivity (Wildman–Crippen MR) is 99.4 cm³/mol. The summed E-state index contributed by atoms with van der Waals surface area (Å²) in [7, 11) is 0. The predicted octanol–water partition coefficient (Wildman–Crippen LogP) is 3.22. The van der Waals surface area contributed by atoms with Gasteiger partial charge < -0.3 is 15.8 Å². The molecule has 1 amide bonds. The number of carbonyl (C=O) groups excluding carboxylic acids is 1. The van der Waals surface area contributed by atoms with Gasteiger partial charge in [0.15, 0.2) is 0 Å². The Bertz CT molecular complexity index is 670. The first-order chi connectivity index (χ1) is 12.3. The zero-order chi connectivity index (χ0) is 17.5. The molecule has 1 fully saturated rings. The molecule has 0 heterocycles. The fourth-order valence-corrected chi connectivity index (χ4v) is 3.02. The number of carbonyl (C=O) groups is 1. The normalized spacial score (nSPS) is 18.6. The van der Waals surface area contributed by atoms with Gasteiger partial charge in [0.1, 0.15) is 12.4 Å². The number of ether oxygens (including phenoxy) is 1. The van der Waals surface area contributed by atoms with E-state index in [1.165, 1.54) is 5.56 Å². The molecule has 1 saturated carbocycles. The second kappa shape index (κ2) is 8.67. The van der Waals surface area contributed by atoms with E-state index in [0.29, 0.717) is 19.1 Å². The maximum atomic E-state index is 12.1. The van der Waals surface area contributed by atoms with Gasteiger partial charge in [-0.05, 0) is 55.0 Å². The molecule has 2 aromatic carbocycles. The summed E-state index contributed by atoms with van der Waals surface area (Å²) < 4.78 is 5.81. The number of benzene rings is 2. The molecule has 1 aliphatic rings. The molecule has 0 radical (unpaired) electrons. The van der Waals surface area contributed by atoms with E-state index in [1.54, 1.807) is 0 Å². The maximum absolute atomic E-state index is 12.1. The van der Waals surface area contributed by atoms with Crippen LogP contribution in [0, 0.1) is 5.92 Å². The lowest BCUT2D eigenvalue weighted by molar-refractivity contribution is -0.122. The average molecular weight is 338 g/mol. The molecular formula is C21H26N2O2. The molecule has 132 valence electrons. The number of hydrogen-bond donors (Lipinski definition) is 2. The third kappa shape index (κ3) is 5.07. The lowest BCUT2D eigenvalue weighted by atomic mass is 10.1. The van der Waals surface area contributed by atoms with Crippen LogP contribution < -0.4 is 15.8 Å². The molecule has 0 bridgehead atoms. The van der Waals surface area contributed by atoms with Crippen molar-refractivity contribution in [1.29, 1.82) is 0 Å².